The summed E-state index contributed by atoms with van der Waals surface area (Å²) in [7, 11) is 0. The number of carbonyl (C=O) groups excluding carboxylic acids is 3. The minimum atomic E-state index is -1.73. The highest BCUT2D eigenvalue weighted by atomic mass is 16.6. The molecule has 0 radical (unpaired) electrons. The van der Waals surface area contributed by atoms with Crippen LogP contribution in [0.5, 0.6) is 0 Å². The van der Waals surface area contributed by atoms with Crippen molar-refractivity contribution in [3.8, 4) is 0 Å². The number of nitro groups is 1. The summed E-state index contributed by atoms with van der Waals surface area (Å²) in [6, 6.07) is 5.19. The number of benzene rings is 1. The van der Waals surface area contributed by atoms with E-state index in [0.29, 0.717) is 0 Å². The molecule has 2 heterocycles. The maximum Gasteiger partial charge on any atom is 0.326 e. The Morgan fingerprint density at radius 1 is 1.39 bits per heavy atom. The van der Waals surface area contributed by atoms with Crippen LogP contribution in [0.3, 0.4) is 0 Å². The maximum absolute atomic E-state index is 12.4. The van der Waals surface area contributed by atoms with Crippen LogP contribution < -0.4 is 10.6 Å². The number of anilines is 2. The number of nitro benzene ring substituents is 1. The van der Waals surface area contributed by atoms with E-state index in [1.807, 2.05) is 0 Å². The number of fused-ring (bicyclic) bond motifs is 1. The largest absolute Gasteiger partial charge is 0.465 e. The van der Waals surface area contributed by atoms with Gasteiger partial charge in [0.05, 0.1) is 11.5 Å². The Bertz CT molecular complexity index is 993. The lowest BCUT2D eigenvalue weighted by Crippen LogP contribution is -2.40. The van der Waals surface area contributed by atoms with Gasteiger partial charge in [-0.15, -0.1) is 5.10 Å². The average molecular weight is 385 g/mol. The first-order valence-corrected chi connectivity index (χ1v) is 8.19. The van der Waals surface area contributed by atoms with Crippen LogP contribution in [0, 0.1) is 10.1 Å². The molecule has 2 aromatic rings. The summed E-state index contributed by atoms with van der Waals surface area (Å²) in [5.41, 5.74) is -2.15. The number of rotatable bonds is 5. The molecule has 0 saturated heterocycles. The van der Waals surface area contributed by atoms with Crippen molar-refractivity contribution in [3.63, 3.8) is 0 Å². The quantitative estimate of drug-likeness (QED) is 0.339. The molecule has 1 aliphatic heterocycles. The number of hydrogen-bond acceptors (Lipinski definition) is 8. The molecule has 11 heteroatoms. The number of ether oxygens (including phenoxy) is 1. The van der Waals surface area contributed by atoms with Crippen LogP contribution in [-0.2, 0) is 19.7 Å². The summed E-state index contributed by atoms with van der Waals surface area (Å²) in [5, 5.41) is 23.6. The molecule has 28 heavy (non-hydrogen) atoms. The standard InChI is InChI=1S/C17H15N5O6/c1-3-28-16(25)17(2)9-7-13(22(26)27)12(8-11(9)20-15(17)24)19-14(23)10-5-4-6-18-21-10/h4-8H,3H2,1-2H3,(H,19,23)(H,20,24). The first-order valence-electron chi connectivity index (χ1n) is 8.19. The van der Waals surface area contributed by atoms with Crippen LogP contribution >= 0.6 is 0 Å². The van der Waals surface area contributed by atoms with E-state index in [9.17, 15) is 24.5 Å². The van der Waals surface area contributed by atoms with E-state index in [2.05, 4.69) is 20.8 Å². The molecule has 2 amide bonds. The maximum atomic E-state index is 12.4. The van der Waals surface area contributed by atoms with Gasteiger partial charge in [-0.3, -0.25) is 24.5 Å². The molecule has 3 rings (SSSR count). The van der Waals surface area contributed by atoms with Gasteiger partial charge in [0.15, 0.2) is 11.1 Å². The van der Waals surface area contributed by atoms with Crippen molar-refractivity contribution in [2.24, 2.45) is 0 Å². The zero-order chi connectivity index (χ0) is 20.5. The van der Waals surface area contributed by atoms with Gasteiger partial charge in [-0.2, -0.15) is 5.10 Å². The van der Waals surface area contributed by atoms with Gasteiger partial charge in [0.2, 0.25) is 5.91 Å². The fraction of sp³-hybridized carbons (Fsp3) is 0.235. The number of nitrogens with one attached hydrogen (secondary N) is 2. The molecule has 0 aliphatic carbocycles. The van der Waals surface area contributed by atoms with Crippen LogP contribution in [-0.4, -0.2) is 39.5 Å². The Balaban J connectivity index is 2.05. The Morgan fingerprint density at radius 3 is 2.75 bits per heavy atom. The molecule has 11 nitrogen and oxygen atoms in total. The Morgan fingerprint density at radius 2 is 2.14 bits per heavy atom. The van der Waals surface area contributed by atoms with E-state index in [1.54, 1.807) is 6.92 Å². The van der Waals surface area contributed by atoms with Gasteiger partial charge in [-0.05, 0) is 32.0 Å². The van der Waals surface area contributed by atoms with Gasteiger partial charge >= 0.3 is 5.97 Å². The number of esters is 1. The van der Waals surface area contributed by atoms with Crippen molar-refractivity contribution < 1.29 is 24.0 Å². The summed E-state index contributed by atoms with van der Waals surface area (Å²) in [5.74, 6) is -2.21. The van der Waals surface area contributed by atoms with Gasteiger partial charge in [0, 0.05) is 23.5 Å². The SMILES string of the molecule is CCOC(=O)C1(C)C(=O)Nc2cc(NC(=O)c3cccnn3)c([N+](=O)[O-])cc21. The van der Waals surface area contributed by atoms with E-state index < -0.39 is 33.8 Å². The fourth-order valence-electron chi connectivity index (χ4n) is 2.81. The van der Waals surface area contributed by atoms with Crippen molar-refractivity contribution in [1.29, 1.82) is 0 Å². The van der Waals surface area contributed by atoms with Crippen LogP contribution in [0.4, 0.5) is 17.1 Å². The molecule has 2 N–H and O–H groups in total. The molecule has 0 saturated carbocycles. The summed E-state index contributed by atoms with van der Waals surface area (Å²) in [6.07, 6.45) is 1.38. The van der Waals surface area contributed by atoms with Gasteiger partial charge in [0.1, 0.15) is 5.69 Å². The third-order valence-corrected chi connectivity index (χ3v) is 4.31. The lowest BCUT2D eigenvalue weighted by Gasteiger charge is -2.19. The van der Waals surface area contributed by atoms with Crippen LogP contribution in [0.2, 0.25) is 0 Å². The van der Waals surface area contributed by atoms with E-state index >= 15 is 0 Å². The number of amides is 2. The molecule has 1 aromatic carbocycles. The predicted molar refractivity (Wildman–Crippen MR) is 95.7 cm³/mol. The second kappa shape index (κ2) is 7.02. The second-order valence-corrected chi connectivity index (χ2v) is 6.03. The molecular weight excluding hydrogens is 370 g/mol. The van der Waals surface area contributed by atoms with E-state index in [-0.39, 0.29) is 29.2 Å². The van der Waals surface area contributed by atoms with Crippen molar-refractivity contribution in [2.45, 2.75) is 19.3 Å². The van der Waals surface area contributed by atoms with Gasteiger partial charge in [-0.25, -0.2) is 0 Å². The predicted octanol–water partition coefficient (Wildman–Crippen LogP) is 1.41. The zero-order valence-electron chi connectivity index (χ0n) is 14.9. The number of nitrogens with zero attached hydrogens (tertiary/aromatic N) is 3. The molecule has 1 atom stereocenters. The van der Waals surface area contributed by atoms with Gasteiger partial charge in [0.25, 0.3) is 11.6 Å². The summed E-state index contributed by atoms with van der Waals surface area (Å²) in [6.45, 7) is 2.96. The smallest absolute Gasteiger partial charge is 0.326 e. The third kappa shape index (κ3) is 3.02. The monoisotopic (exact) mass is 385 g/mol. The summed E-state index contributed by atoms with van der Waals surface area (Å²) < 4.78 is 4.95. The van der Waals surface area contributed by atoms with Crippen LogP contribution in [0.1, 0.15) is 29.9 Å². The van der Waals surface area contributed by atoms with E-state index in [0.717, 1.165) is 6.07 Å². The van der Waals surface area contributed by atoms with Crippen molar-refractivity contribution in [3.05, 3.63) is 51.8 Å². The van der Waals surface area contributed by atoms with Gasteiger partial charge < -0.3 is 15.4 Å². The topological polar surface area (TPSA) is 153 Å². The van der Waals surface area contributed by atoms with E-state index in [4.69, 9.17) is 4.74 Å². The van der Waals surface area contributed by atoms with Crippen LogP contribution in [0.15, 0.2) is 30.5 Å². The highest BCUT2D eigenvalue weighted by Crippen LogP contribution is 2.43. The molecule has 144 valence electrons. The minimum absolute atomic E-state index is 0.0438. The number of hydrogen-bond donors (Lipinski definition) is 2. The number of aromatic nitrogens is 2. The van der Waals surface area contributed by atoms with Crippen LogP contribution in [0.25, 0.3) is 0 Å². The molecule has 0 bridgehead atoms. The third-order valence-electron chi connectivity index (χ3n) is 4.31. The summed E-state index contributed by atoms with van der Waals surface area (Å²) in [4.78, 5) is 47.8. The molecule has 0 fully saturated rings. The van der Waals surface area contributed by atoms with Crippen molar-refractivity contribution in [2.75, 3.05) is 17.2 Å². The highest BCUT2D eigenvalue weighted by molar-refractivity contribution is 6.19. The molecule has 0 spiro atoms. The zero-order valence-corrected chi connectivity index (χ0v) is 14.9. The van der Waals surface area contributed by atoms with Gasteiger partial charge in [-0.1, -0.05) is 0 Å². The molecule has 1 aliphatic rings. The summed E-state index contributed by atoms with van der Waals surface area (Å²) >= 11 is 0. The number of carbonyl (C=O) groups is 3. The Kier molecular flexibility index (Phi) is 4.74. The normalized spacial score (nSPS) is 17.4. The molecule has 1 unspecified atom stereocenters. The average Bonchev–Trinajstić information content (AvgIpc) is 2.92. The Hall–Kier alpha value is -3.89. The Labute approximate surface area is 158 Å². The lowest BCUT2D eigenvalue weighted by atomic mass is 9.83. The van der Waals surface area contributed by atoms with Crippen molar-refractivity contribution in [1.82, 2.24) is 10.2 Å². The molecular formula is C17H15N5O6. The molecule has 1 aromatic heterocycles. The second-order valence-electron chi connectivity index (χ2n) is 6.03. The first kappa shape index (κ1) is 18.9. The fourth-order valence-corrected chi connectivity index (χ4v) is 2.81. The van der Waals surface area contributed by atoms with E-state index in [1.165, 1.54) is 31.3 Å². The highest BCUT2D eigenvalue weighted by Gasteiger charge is 2.51. The van der Waals surface area contributed by atoms with Crippen molar-refractivity contribution >= 4 is 34.8 Å². The lowest BCUT2D eigenvalue weighted by molar-refractivity contribution is -0.384. The first-order chi connectivity index (χ1) is 13.3. The minimum Gasteiger partial charge on any atom is -0.465 e.